The molecule has 2 amide bonds. The number of aliphatic hydroxyl groups is 1. The van der Waals surface area contributed by atoms with E-state index < -0.39 is 5.91 Å². The van der Waals surface area contributed by atoms with Gasteiger partial charge in [0.2, 0.25) is 11.8 Å². The van der Waals surface area contributed by atoms with Crippen LogP contribution in [0.25, 0.3) is 0 Å². The first kappa shape index (κ1) is 18.7. The molecule has 1 rings (SSSR count). The molecule has 122 valence electrons. The van der Waals surface area contributed by atoms with Crippen LogP contribution in [-0.2, 0) is 9.59 Å². The third kappa shape index (κ3) is 7.59. The van der Waals surface area contributed by atoms with Gasteiger partial charge in [0.15, 0.2) is 5.15 Å². The molecule has 0 aliphatic rings. The second-order valence-electron chi connectivity index (χ2n) is 4.69. The molecule has 1 aromatic rings. The van der Waals surface area contributed by atoms with E-state index in [1.54, 1.807) is 0 Å². The lowest BCUT2D eigenvalue weighted by molar-refractivity contribution is -0.126. The summed E-state index contributed by atoms with van der Waals surface area (Å²) in [5, 5.41) is 14.1. The van der Waals surface area contributed by atoms with E-state index in [-0.39, 0.29) is 29.2 Å². The summed E-state index contributed by atoms with van der Waals surface area (Å²) in [6.45, 7) is 0.704. The highest BCUT2D eigenvalue weighted by Gasteiger charge is 2.11. The summed E-state index contributed by atoms with van der Waals surface area (Å²) in [6.07, 6.45) is 3.16. The zero-order valence-corrected chi connectivity index (χ0v) is 13.6. The van der Waals surface area contributed by atoms with E-state index in [2.05, 4.69) is 15.6 Å². The number of hydrogen-bond donors (Lipinski definition) is 3. The van der Waals surface area contributed by atoms with Crippen LogP contribution in [0.5, 0.6) is 0 Å². The molecule has 0 atom stereocenters. The van der Waals surface area contributed by atoms with Crippen molar-refractivity contribution in [2.24, 2.45) is 0 Å². The minimum Gasteiger partial charge on any atom is -0.396 e. The zero-order valence-electron chi connectivity index (χ0n) is 12.1. The summed E-state index contributed by atoms with van der Waals surface area (Å²) < 4.78 is 0. The Morgan fingerprint density at radius 3 is 2.50 bits per heavy atom. The van der Waals surface area contributed by atoms with Crippen molar-refractivity contribution in [1.29, 1.82) is 0 Å². The van der Waals surface area contributed by atoms with Gasteiger partial charge in [-0.1, -0.05) is 36.0 Å². The number of aromatic nitrogens is 1. The summed E-state index contributed by atoms with van der Waals surface area (Å²) in [5.74, 6) is -0.818. The van der Waals surface area contributed by atoms with Crippen LogP contribution in [0, 0.1) is 0 Å². The molecule has 0 fully saturated rings. The van der Waals surface area contributed by atoms with Crippen LogP contribution in [0.2, 0.25) is 10.3 Å². The molecule has 0 aliphatic heterocycles. The Hall–Kier alpha value is -1.37. The number of carbonyl (C=O) groups excluding carboxylic acids is 2. The molecule has 0 spiro atoms. The van der Waals surface area contributed by atoms with Gasteiger partial charge in [0.25, 0.3) is 0 Å². The maximum atomic E-state index is 11.7. The van der Waals surface area contributed by atoms with Crippen molar-refractivity contribution in [3.8, 4) is 0 Å². The Bertz CT molecular complexity index is 512. The van der Waals surface area contributed by atoms with Crippen molar-refractivity contribution >= 4 is 40.7 Å². The Labute approximate surface area is 139 Å². The SMILES string of the molecule is O=C(CC(=O)Nc1ccc(Cl)nc1Cl)NCCCCCCO. The molecule has 0 bridgehead atoms. The average molecular weight is 348 g/mol. The predicted molar refractivity (Wildman–Crippen MR) is 86.1 cm³/mol. The van der Waals surface area contributed by atoms with Crippen LogP contribution in [0.1, 0.15) is 32.1 Å². The van der Waals surface area contributed by atoms with Gasteiger partial charge in [0.1, 0.15) is 11.6 Å². The topological polar surface area (TPSA) is 91.3 Å². The van der Waals surface area contributed by atoms with Crippen molar-refractivity contribution in [3.63, 3.8) is 0 Å². The standard InChI is InChI=1S/C14H19Cl2N3O3/c15-11-6-5-10(14(16)19-11)18-13(22)9-12(21)17-7-3-1-2-4-8-20/h5-6,20H,1-4,7-9H2,(H,17,21)(H,18,22). The van der Waals surface area contributed by atoms with Gasteiger partial charge >= 0.3 is 0 Å². The summed E-state index contributed by atoms with van der Waals surface area (Å²) in [7, 11) is 0. The molecule has 22 heavy (non-hydrogen) atoms. The number of nitrogens with zero attached hydrogens (tertiary/aromatic N) is 1. The molecule has 3 N–H and O–H groups in total. The first-order valence-electron chi connectivity index (χ1n) is 7.02. The Kier molecular flexibility index (Phi) is 8.81. The summed E-state index contributed by atoms with van der Waals surface area (Å²) in [4.78, 5) is 27.1. The summed E-state index contributed by atoms with van der Waals surface area (Å²) in [6, 6.07) is 3.02. The maximum Gasteiger partial charge on any atom is 0.233 e. The lowest BCUT2D eigenvalue weighted by Gasteiger charge is -2.07. The van der Waals surface area contributed by atoms with Crippen molar-refractivity contribution in [2.75, 3.05) is 18.5 Å². The summed E-state index contributed by atoms with van der Waals surface area (Å²) >= 11 is 11.5. The lowest BCUT2D eigenvalue weighted by atomic mass is 10.2. The molecule has 0 aromatic carbocycles. The van der Waals surface area contributed by atoms with Gasteiger partial charge < -0.3 is 15.7 Å². The average Bonchev–Trinajstić information content (AvgIpc) is 2.45. The fourth-order valence-corrected chi connectivity index (χ4v) is 2.12. The molecule has 0 radical (unpaired) electrons. The molecule has 0 unspecified atom stereocenters. The van der Waals surface area contributed by atoms with Crippen LogP contribution in [0.15, 0.2) is 12.1 Å². The Balaban J connectivity index is 2.25. The summed E-state index contributed by atoms with van der Waals surface area (Å²) in [5.41, 5.74) is 0.313. The van der Waals surface area contributed by atoms with Gasteiger partial charge in [-0.15, -0.1) is 0 Å². The minimum absolute atomic E-state index is 0.0742. The van der Waals surface area contributed by atoms with Crippen LogP contribution in [0.3, 0.4) is 0 Å². The van der Waals surface area contributed by atoms with Gasteiger partial charge in [-0.25, -0.2) is 4.98 Å². The molecular weight excluding hydrogens is 329 g/mol. The smallest absolute Gasteiger partial charge is 0.233 e. The number of pyridine rings is 1. The fourth-order valence-electron chi connectivity index (χ4n) is 1.73. The zero-order chi connectivity index (χ0) is 16.4. The number of carbonyl (C=O) groups is 2. The highest BCUT2D eigenvalue weighted by Crippen LogP contribution is 2.21. The Morgan fingerprint density at radius 2 is 1.82 bits per heavy atom. The van der Waals surface area contributed by atoms with E-state index in [0.29, 0.717) is 12.2 Å². The van der Waals surface area contributed by atoms with Crippen molar-refractivity contribution in [3.05, 3.63) is 22.4 Å². The van der Waals surface area contributed by atoms with Gasteiger partial charge in [-0.3, -0.25) is 9.59 Å². The van der Waals surface area contributed by atoms with Crippen LogP contribution < -0.4 is 10.6 Å². The van der Waals surface area contributed by atoms with E-state index in [9.17, 15) is 9.59 Å². The number of rotatable bonds is 9. The number of anilines is 1. The van der Waals surface area contributed by atoms with E-state index >= 15 is 0 Å². The van der Waals surface area contributed by atoms with Crippen LogP contribution >= 0.6 is 23.2 Å². The third-order valence-corrected chi connectivity index (χ3v) is 3.32. The molecule has 0 saturated heterocycles. The number of halogens is 2. The predicted octanol–water partition coefficient (Wildman–Crippen LogP) is 2.39. The molecule has 0 saturated carbocycles. The Morgan fingerprint density at radius 1 is 1.09 bits per heavy atom. The molecule has 0 aliphatic carbocycles. The molecule has 6 nitrogen and oxygen atoms in total. The monoisotopic (exact) mass is 347 g/mol. The maximum absolute atomic E-state index is 11.7. The normalized spacial score (nSPS) is 10.3. The molecule has 8 heteroatoms. The van der Waals surface area contributed by atoms with E-state index in [1.165, 1.54) is 12.1 Å². The lowest BCUT2D eigenvalue weighted by Crippen LogP contribution is -2.29. The molecular formula is C14H19Cl2N3O3. The van der Waals surface area contributed by atoms with Crippen molar-refractivity contribution in [2.45, 2.75) is 32.1 Å². The molecule has 1 heterocycles. The van der Waals surface area contributed by atoms with E-state index in [1.807, 2.05) is 0 Å². The number of nitrogens with one attached hydrogen (secondary N) is 2. The van der Waals surface area contributed by atoms with E-state index in [4.69, 9.17) is 28.3 Å². The van der Waals surface area contributed by atoms with Crippen molar-refractivity contribution in [1.82, 2.24) is 10.3 Å². The van der Waals surface area contributed by atoms with Gasteiger partial charge in [0.05, 0.1) is 5.69 Å². The second kappa shape index (κ2) is 10.4. The third-order valence-electron chi connectivity index (χ3n) is 2.82. The molecule has 1 aromatic heterocycles. The first-order valence-corrected chi connectivity index (χ1v) is 7.78. The second-order valence-corrected chi connectivity index (χ2v) is 5.43. The first-order chi connectivity index (χ1) is 10.5. The van der Waals surface area contributed by atoms with Crippen molar-refractivity contribution < 1.29 is 14.7 Å². The van der Waals surface area contributed by atoms with Crippen LogP contribution in [-0.4, -0.2) is 35.1 Å². The largest absolute Gasteiger partial charge is 0.396 e. The quantitative estimate of drug-likeness (QED) is 0.363. The van der Waals surface area contributed by atoms with Crippen LogP contribution in [0.4, 0.5) is 5.69 Å². The number of hydrogen-bond acceptors (Lipinski definition) is 4. The number of aliphatic hydroxyl groups excluding tert-OH is 1. The number of amides is 2. The van der Waals surface area contributed by atoms with E-state index in [0.717, 1.165) is 25.7 Å². The van der Waals surface area contributed by atoms with Gasteiger partial charge in [-0.05, 0) is 25.0 Å². The van der Waals surface area contributed by atoms with Gasteiger partial charge in [-0.2, -0.15) is 0 Å². The number of unbranched alkanes of at least 4 members (excludes halogenated alkanes) is 3. The minimum atomic E-state index is -0.469. The van der Waals surface area contributed by atoms with Gasteiger partial charge in [0, 0.05) is 13.2 Å². The highest BCUT2D eigenvalue weighted by molar-refractivity contribution is 6.34. The fraction of sp³-hybridized carbons (Fsp3) is 0.500. The highest BCUT2D eigenvalue weighted by atomic mass is 35.5.